The van der Waals surface area contributed by atoms with Crippen molar-refractivity contribution < 1.29 is 4.74 Å². The summed E-state index contributed by atoms with van der Waals surface area (Å²) in [5.41, 5.74) is 1.33. The van der Waals surface area contributed by atoms with Gasteiger partial charge >= 0.3 is 0 Å². The van der Waals surface area contributed by atoms with Crippen LogP contribution in [-0.2, 0) is 0 Å². The molecule has 19 heavy (non-hydrogen) atoms. The van der Waals surface area contributed by atoms with Crippen molar-refractivity contribution in [2.75, 3.05) is 19.4 Å². The Kier molecular flexibility index (Phi) is 5.17. The standard InChI is InChI=1S/C16H25NOS/c1-4-11-18-15-7-5-14(6-8-15)13(2)17-12-16(19-3)9-10-16/h5-8,13,17H,4,9-12H2,1-3H3. The van der Waals surface area contributed by atoms with E-state index in [1.807, 2.05) is 11.8 Å². The van der Waals surface area contributed by atoms with Crippen LogP contribution in [-0.4, -0.2) is 24.2 Å². The second-order valence-corrected chi connectivity index (χ2v) is 6.68. The predicted octanol–water partition coefficient (Wildman–Crippen LogP) is 4.02. The summed E-state index contributed by atoms with van der Waals surface area (Å²) in [5.74, 6) is 0.973. The molecule has 0 heterocycles. The number of rotatable bonds is 8. The molecule has 0 saturated heterocycles. The Hall–Kier alpha value is -0.670. The van der Waals surface area contributed by atoms with Crippen molar-refractivity contribution in [1.82, 2.24) is 5.32 Å². The highest BCUT2D eigenvalue weighted by Crippen LogP contribution is 2.46. The van der Waals surface area contributed by atoms with E-state index in [0.29, 0.717) is 10.8 Å². The van der Waals surface area contributed by atoms with Gasteiger partial charge in [0.05, 0.1) is 6.61 Å². The van der Waals surface area contributed by atoms with E-state index in [-0.39, 0.29) is 0 Å². The van der Waals surface area contributed by atoms with Gasteiger partial charge in [-0.2, -0.15) is 11.8 Å². The molecule has 1 N–H and O–H groups in total. The van der Waals surface area contributed by atoms with E-state index in [0.717, 1.165) is 25.3 Å². The molecule has 1 atom stereocenters. The van der Waals surface area contributed by atoms with Gasteiger partial charge in [-0.3, -0.25) is 0 Å². The maximum atomic E-state index is 5.61. The van der Waals surface area contributed by atoms with Crippen molar-refractivity contribution in [1.29, 1.82) is 0 Å². The fourth-order valence-electron chi connectivity index (χ4n) is 2.12. The summed E-state index contributed by atoms with van der Waals surface area (Å²) in [6.45, 7) is 6.27. The summed E-state index contributed by atoms with van der Waals surface area (Å²) in [6, 6.07) is 8.89. The summed E-state index contributed by atoms with van der Waals surface area (Å²) >= 11 is 2.00. The Labute approximate surface area is 121 Å². The molecular weight excluding hydrogens is 254 g/mol. The highest BCUT2D eigenvalue weighted by molar-refractivity contribution is 8.00. The second kappa shape index (κ2) is 6.67. The smallest absolute Gasteiger partial charge is 0.119 e. The minimum Gasteiger partial charge on any atom is -0.494 e. The first kappa shape index (κ1) is 14.7. The molecule has 1 aromatic carbocycles. The molecule has 1 unspecified atom stereocenters. The van der Waals surface area contributed by atoms with Crippen LogP contribution in [0.2, 0.25) is 0 Å². The fourth-order valence-corrected chi connectivity index (χ4v) is 2.86. The quantitative estimate of drug-likeness (QED) is 0.776. The maximum absolute atomic E-state index is 5.61. The van der Waals surface area contributed by atoms with Crippen molar-refractivity contribution in [2.24, 2.45) is 0 Å². The predicted molar refractivity (Wildman–Crippen MR) is 84.1 cm³/mol. The lowest BCUT2D eigenvalue weighted by Crippen LogP contribution is -2.28. The Bertz CT molecular complexity index is 386. The summed E-state index contributed by atoms with van der Waals surface area (Å²) in [4.78, 5) is 0. The van der Waals surface area contributed by atoms with Gasteiger partial charge in [0.1, 0.15) is 5.75 Å². The van der Waals surface area contributed by atoms with Crippen LogP contribution >= 0.6 is 11.8 Å². The van der Waals surface area contributed by atoms with E-state index in [4.69, 9.17) is 4.74 Å². The third-order valence-electron chi connectivity index (χ3n) is 3.82. The molecule has 1 aromatic rings. The summed E-state index contributed by atoms with van der Waals surface area (Å²) in [6.07, 6.45) is 5.99. The molecule has 2 rings (SSSR count). The molecule has 0 spiro atoms. The number of benzene rings is 1. The van der Waals surface area contributed by atoms with Crippen LogP contribution in [0, 0.1) is 0 Å². The molecule has 0 amide bonds. The second-order valence-electron chi connectivity index (χ2n) is 5.41. The monoisotopic (exact) mass is 279 g/mol. The van der Waals surface area contributed by atoms with Crippen molar-refractivity contribution in [3.05, 3.63) is 29.8 Å². The van der Waals surface area contributed by atoms with Gasteiger partial charge in [0.2, 0.25) is 0 Å². The van der Waals surface area contributed by atoms with E-state index < -0.39 is 0 Å². The molecular formula is C16H25NOS. The lowest BCUT2D eigenvalue weighted by atomic mass is 10.1. The van der Waals surface area contributed by atoms with Gasteiger partial charge < -0.3 is 10.1 Å². The first-order valence-corrected chi connectivity index (χ1v) is 8.43. The molecule has 0 radical (unpaired) electrons. The van der Waals surface area contributed by atoms with Gasteiger partial charge in [-0.05, 0) is 50.1 Å². The molecule has 1 aliphatic rings. The Morgan fingerprint density at radius 1 is 1.32 bits per heavy atom. The topological polar surface area (TPSA) is 21.3 Å². The number of ether oxygens (including phenoxy) is 1. The lowest BCUT2D eigenvalue weighted by molar-refractivity contribution is 0.317. The molecule has 0 aromatic heterocycles. The number of hydrogen-bond donors (Lipinski definition) is 1. The number of thioether (sulfide) groups is 1. The summed E-state index contributed by atoms with van der Waals surface area (Å²) in [5, 5.41) is 3.65. The third-order valence-corrected chi connectivity index (χ3v) is 5.24. The van der Waals surface area contributed by atoms with E-state index in [9.17, 15) is 0 Å². The van der Waals surface area contributed by atoms with Crippen LogP contribution < -0.4 is 10.1 Å². The van der Waals surface area contributed by atoms with Crippen LogP contribution in [0.5, 0.6) is 5.75 Å². The van der Waals surface area contributed by atoms with Crippen LogP contribution in [0.3, 0.4) is 0 Å². The molecule has 1 fully saturated rings. The number of nitrogens with one attached hydrogen (secondary N) is 1. The summed E-state index contributed by atoms with van der Waals surface area (Å²) in [7, 11) is 0. The molecule has 0 aliphatic heterocycles. The first-order valence-electron chi connectivity index (χ1n) is 7.20. The van der Waals surface area contributed by atoms with E-state index in [2.05, 4.69) is 49.7 Å². The molecule has 0 bridgehead atoms. The zero-order chi connectivity index (χ0) is 13.7. The van der Waals surface area contributed by atoms with Crippen LogP contribution in [0.25, 0.3) is 0 Å². The molecule has 1 aliphatic carbocycles. The van der Waals surface area contributed by atoms with Crippen LogP contribution in [0.15, 0.2) is 24.3 Å². The van der Waals surface area contributed by atoms with Crippen LogP contribution in [0.4, 0.5) is 0 Å². The van der Waals surface area contributed by atoms with E-state index in [1.165, 1.54) is 18.4 Å². The van der Waals surface area contributed by atoms with Crippen molar-refractivity contribution in [3.8, 4) is 5.75 Å². The molecule has 2 nitrogen and oxygen atoms in total. The summed E-state index contributed by atoms with van der Waals surface area (Å²) < 4.78 is 6.13. The first-order chi connectivity index (χ1) is 9.19. The van der Waals surface area contributed by atoms with Crippen LogP contribution in [0.1, 0.15) is 44.7 Å². The average Bonchev–Trinajstić information content (AvgIpc) is 3.24. The highest BCUT2D eigenvalue weighted by Gasteiger charge is 2.41. The zero-order valence-corrected chi connectivity index (χ0v) is 13.1. The fraction of sp³-hybridized carbons (Fsp3) is 0.625. The zero-order valence-electron chi connectivity index (χ0n) is 12.2. The highest BCUT2D eigenvalue weighted by atomic mass is 32.2. The molecule has 1 saturated carbocycles. The van der Waals surface area contributed by atoms with Crippen molar-refractivity contribution in [2.45, 2.75) is 43.9 Å². The SMILES string of the molecule is CCCOc1ccc(C(C)NCC2(SC)CC2)cc1. The molecule has 3 heteroatoms. The average molecular weight is 279 g/mol. The van der Waals surface area contributed by atoms with Crippen molar-refractivity contribution in [3.63, 3.8) is 0 Å². The Morgan fingerprint density at radius 3 is 2.53 bits per heavy atom. The van der Waals surface area contributed by atoms with Gasteiger partial charge in [0, 0.05) is 17.3 Å². The maximum Gasteiger partial charge on any atom is 0.119 e. The Balaban J connectivity index is 1.83. The normalized spacial score (nSPS) is 18.1. The van der Waals surface area contributed by atoms with Gasteiger partial charge in [-0.15, -0.1) is 0 Å². The number of hydrogen-bond acceptors (Lipinski definition) is 3. The molecule has 106 valence electrons. The minimum atomic E-state index is 0.407. The van der Waals surface area contributed by atoms with Gasteiger partial charge in [0.25, 0.3) is 0 Å². The van der Waals surface area contributed by atoms with Gasteiger partial charge in [-0.1, -0.05) is 19.1 Å². The van der Waals surface area contributed by atoms with Gasteiger partial charge in [0.15, 0.2) is 0 Å². The van der Waals surface area contributed by atoms with Gasteiger partial charge in [-0.25, -0.2) is 0 Å². The Morgan fingerprint density at radius 2 is 2.00 bits per heavy atom. The largest absolute Gasteiger partial charge is 0.494 e. The minimum absolute atomic E-state index is 0.407. The lowest BCUT2D eigenvalue weighted by Gasteiger charge is -2.19. The van der Waals surface area contributed by atoms with Crippen molar-refractivity contribution >= 4 is 11.8 Å². The third kappa shape index (κ3) is 4.15. The van der Waals surface area contributed by atoms with E-state index >= 15 is 0 Å². The van der Waals surface area contributed by atoms with E-state index in [1.54, 1.807) is 0 Å².